The van der Waals surface area contributed by atoms with Gasteiger partial charge in [-0.1, -0.05) is 24.3 Å². The molecule has 3 fully saturated rings. The maximum absolute atomic E-state index is 13.6. The van der Waals surface area contributed by atoms with Crippen molar-refractivity contribution < 1.29 is 18.7 Å². The van der Waals surface area contributed by atoms with Crippen LogP contribution in [-0.2, 0) is 9.53 Å². The number of aromatic nitrogens is 1. The minimum atomic E-state index is -0.341. The summed E-state index contributed by atoms with van der Waals surface area (Å²) in [7, 11) is 0. The molecule has 6 atom stereocenters. The number of benzene rings is 1. The van der Waals surface area contributed by atoms with E-state index in [1.807, 2.05) is 31.2 Å². The van der Waals surface area contributed by atoms with E-state index in [1.165, 1.54) is 12.1 Å². The van der Waals surface area contributed by atoms with E-state index in [-0.39, 0.29) is 35.7 Å². The normalized spacial score (nSPS) is 29.8. The van der Waals surface area contributed by atoms with Gasteiger partial charge in [-0.25, -0.2) is 9.18 Å². The molecule has 1 aliphatic heterocycles. The van der Waals surface area contributed by atoms with Crippen LogP contribution < -0.4 is 10.6 Å². The number of ether oxygens (including phenoxy) is 1. The molecule has 1 aromatic heterocycles. The van der Waals surface area contributed by atoms with Gasteiger partial charge in [0.25, 0.3) is 0 Å². The molecule has 0 unspecified atom stereocenters. The predicted octanol–water partition coefficient (Wildman–Crippen LogP) is 4.81. The predicted molar refractivity (Wildman–Crippen MR) is 132 cm³/mol. The summed E-state index contributed by atoms with van der Waals surface area (Å²) in [5.41, 5.74) is 2.48. The molecule has 2 amide bonds. The number of nitrogens with one attached hydrogen (secondary N) is 2. The van der Waals surface area contributed by atoms with Crippen LogP contribution in [0.3, 0.4) is 0 Å². The summed E-state index contributed by atoms with van der Waals surface area (Å²) in [5.74, 6) is 1.22. The fourth-order valence-corrected chi connectivity index (χ4v) is 6.42. The smallest absolute Gasteiger partial charge is 0.407 e. The number of pyridine rings is 1. The van der Waals surface area contributed by atoms with E-state index < -0.39 is 0 Å². The second kappa shape index (κ2) is 10.2. The lowest BCUT2D eigenvalue weighted by atomic mass is 9.58. The number of carbonyl (C=O) groups is 2. The molecule has 2 aromatic rings. The van der Waals surface area contributed by atoms with Gasteiger partial charge in [0, 0.05) is 30.3 Å². The van der Waals surface area contributed by atoms with Gasteiger partial charge in [0.2, 0.25) is 5.91 Å². The molecule has 1 saturated heterocycles. The average molecular weight is 478 g/mol. The van der Waals surface area contributed by atoms with Gasteiger partial charge in [0.1, 0.15) is 5.82 Å². The Morgan fingerprint density at radius 2 is 2.09 bits per heavy atom. The monoisotopic (exact) mass is 477 g/mol. The van der Waals surface area contributed by atoms with Gasteiger partial charge in [-0.2, -0.15) is 0 Å². The number of fused-ring (bicyclic) bond motifs is 2. The van der Waals surface area contributed by atoms with Gasteiger partial charge < -0.3 is 15.4 Å². The zero-order chi connectivity index (χ0) is 24.4. The van der Waals surface area contributed by atoms with E-state index in [2.05, 4.69) is 21.7 Å². The zero-order valence-corrected chi connectivity index (χ0v) is 20.0. The fraction of sp³-hybridized carbons (Fsp3) is 0.464. The summed E-state index contributed by atoms with van der Waals surface area (Å²) in [6, 6.07) is 10.5. The van der Waals surface area contributed by atoms with E-state index in [1.54, 1.807) is 12.3 Å². The highest BCUT2D eigenvalue weighted by Crippen LogP contribution is 2.51. The van der Waals surface area contributed by atoms with Crippen LogP contribution in [0.4, 0.5) is 9.18 Å². The molecule has 0 bridgehead atoms. The average Bonchev–Trinajstić information content (AvgIpc) is 3.22. The minimum Gasteiger partial charge on any atom is -0.450 e. The highest BCUT2D eigenvalue weighted by atomic mass is 19.1. The van der Waals surface area contributed by atoms with E-state index in [0.717, 1.165) is 49.0 Å². The van der Waals surface area contributed by atoms with Crippen LogP contribution in [-0.4, -0.2) is 36.2 Å². The molecule has 2 saturated carbocycles. The van der Waals surface area contributed by atoms with Crippen LogP contribution in [0.25, 0.3) is 17.2 Å². The summed E-state index contributed by atoms with van der Waals surface area (Å²) < 4.78 is 18.6. The standard InChI is InChI=1S/C28H32FN3O3/c1-2-35-28(34)32-23-9-10-24-19(14-23)12-20-16-31-27(33)26(20)25(24)11-8-22-7-6-18(15-30-22)17-4-3-5-21(29)13-17/h3-8,11,13,15,19-20,23-26H,2,9-10,12,14,16H2,1H3,(H,31,33)(H,32,34)/b11-8+/t19-,20+,23+,24-,25+,26-/m1/s1. The molecule has 5 rings (SSSR count). The van der Waals surface area contributed by atoms with Crippen LogP contribution in [0.5, 0.6) is 0 Å². The first-order valence-corrected chi connectivity index (χ1v) is 12.6. The number of allylic oxidation sites excluding steroid dienone is 1. The lowest BCUT2D eigenvalue weighted by molar-refractivity contribution is -0.126. The molecule has 6 nitrogen and oxygen atoms in total. The quantitative estimate of drug-likeness (QED) is 0.648. The second-order valence-electron chi connectivity index (χ2n) is 9.98. The maximum atomic E-state index is 13.6. The minimum absolute atomic E-state index is 0.00590. The third-order valence-corrected chi connectivity index (χ3v) is 7.94. The first kappa shape index (κ1) is 23.5. The van der Waals surface area contributed by atoms with E-state index in [0.29, 0.717) is 24.4 Å². The number of rotatable bonds is 5. The Bertz CT molecular complexity index is 1100. The molecule has 2 heterocycles. The van der Waals surface area contributed by atoms with E-state index in [4.69, 9.17) is 4.74 Å². The number of alkyl carbamates (subject to hydrolysis) is 1. The molecular weight excluding hydrogens is 445 g/mol. The molecule has 7 heteroatoms. The SMILES string of the molecule is CCOC(=O)N[C@H]1CC[C@@H]2[C@@H](C1)C[C@H]1CNC(=O)[C@H]1[C@H]2/C=C/c1ccc(-c2cccc(F)c2)cn1. The van der Waals surface area contributed by atoms with Crippen molar-refractivity contribution >= 4 is 18.1 Å². The molecule has 3 aliphatic rings. The van der Waals surface area contributed by atoms with Crippen LogP contribution in [0.1, 0.15) is 38.3 Å². The number of carbonyl (C=O) groups excluding carboxylic acids is 2. The summed E-state index contributed by atoms with van der Waals surface area (Å²) in [6.45, 7) is 2.91. The number of amides is 2. The summed E-state index contributed by atoms with van der Waals surface area (Å²) in [4.78, 5) is 29.2. The van der Waals surface area contributed by atoms with Crippen LogP contribution in [0.2, 0.25) is 0 Å². The Morgan fingerprint density at radius 3 is 2.86 bits per heavy atom. The van der Waals surface area contributed by atoms with Crippen LogP contribution >= 0.6 is 0 Å². The zero-order valence-electron chi connectivity index (χ0n) is 20.0. The molecule has 2 aliphatic carbocycles. The van der Waals surface area contributed by atoms with Gasteiger partial charge >= 0.3 is 6.09 Å². The van der Waals surface area contributed by atoms with Crippen LogP contribution in [0, 0.1) is 35.4 Å². The molecule has 0 spiro atoms. The first-order chi connectivity index (χ1) is 17.0. The van der Waals surface area contributed by atoms with Crippen molar-refractivity contribution in [1.82, 2.24) is 15.6 Å². The van der Waals surface area contributed by atoms with Crippen molar-refractivity contribution in [1.29, 1.82) is 0 Å². The Morgan fingerprint density at radius 1 is 1.20 bits per heavy atom. The van der Waals surface area contributed by atoms with Gasteiger partial charge in [0.05, 0.1) is 12.3 Å². The molecule has 35 heavy (non-hydrogen) atoms. The second-order valence-corrected chi connectivity index (χ2v) is 9.98. The Labute approximate surface area is 205 Å². The summed E-state index contributed by atoms with van der Waals surface area (Å²) >= 11 is 0. The molecule has 1 aromatic carbocycles. The largest absolute Gasteiger partial charge is 0.450 e. The fourth-order valence-electron chi connectivity index (χ4n) is 6.42. The number of nitrogens with zero attached hydrogens (tertiary/aromatic N) is 1. The van der Waals surface area contributed by atoms with E-state index >= 15 is 0 Å². The van der Waals surface area contributed by atoms with Crippen molar-refractivity contribution in [2.75, 3.05) is 13.2 Å². The molecule has 2 N–H and O–H groups in total. The van der Waals surface area contributed by atoms with Crippen molar-refractivity contribution in [2.45, 2.75) is 38.6 Å². The molecular formula is C28H32FN3O3. The highest BCUT2D eigenvalue weighted by Gasteiger charge is 2.50. The van der Waals surface area contributed by atoms with Gasteiger partial charge in [-0.3, -0.25) is 9.78 Å². The number of halogens is 1. The summed E-state index contributed by atoms with van der Waals surface area (Å²) in [6.07, 6.45) is 9.42. The number of hydrogen-bond acceptors (Lipinski definition) is 4. The Kier molecular flexibility index (Phi) is 6.84. The lowest BCUT2D eigenvalue weighted by Crippen LogP contribution is -2.47. The van der Waals surface area contributed by atoms with E-state index in [9.17, 15) is 14.0 Å². The van der Waals surface area contributed by atoms with Crippen LogP contribution in [0.15, 0.2) is 48.7 Å². The number of hydrogen-bond donors (Lipinski definition) is 2. The Balaban J connectivity index is 1.32. The topological polar surface area (TPSA) is 80.3 Å². The highest BCUT2D eigenvalue weighted by molar-refractivity contribution is 5.82. The van der Waals surface area contributed by atoms with Crippen molar-refractivity contribution in [2.24, 2.45) is 29.6 Å². The van der Waals surface area contributed by atoms with Gasteiger partial charge in [-0.05, 0) is 86.1 Å². The Hall–Kier alpha value is -3.22. The first-order valence-electron chi connectivity index (χ1n) is 12.6. The summed E-state index contributed by atoms with van der Waals surface area (Å²) in [5, 5.41) is 6.10. The van der Waals surface area contributed by atoms with Crippen molar-refractivity contribution in [3.63, 3.8) is 0 Å². The van der Waals surface area contributed by atoms with Gasteiger partial charge in [0.15, 0.2) is 0 Å². The molecule has 0 radical (unpaired) electrons. The third kappa shape index (κ3) is 5.09. The molecule has 184 valence electrons. The maximum Gasteiger partial charge on any atom is 0.407 e. The van der Waals surface area contributed by atoms with Crippen molar-refractivity contribution in [3.05, 3.63) is 60.2 Å². The lowest BCUT2D eigenvalue weighted by Gasteiger charge is -2.47. The van der Waals surface area contributed by atoms with Crippen molar-refractivity contribution in [3.8, 4) is 11.1 Å². The third-order valence-electron chi connectivity index (χ3n) is 7.94. The van der Waals surface area contributed by atoms with Gasteiger partial charge in [-0.15, -0.1) is 0 Å².